The Bertz CT molecular complexity index is 793. The molecule has 0 atom stereocenters. The molecule has 1 saturated heterocycles. The van der Waals surface area contributed by atoms with Crippen LogP contribution in [-0.2, 0) is 11.3 Å². The van der Waals surface area contributed by atoms with Crippen molar-refractivity contribution in [3.63, 3.8) is 0 Å². The van der Waals surface area contributed by atoms with Crippen LogP contribution in [0.25, 0.3) is 0 Å². The van der Waals surface area contributed by atoms with E-state index in [-0.39, 0.29) is 5.91 Å². The zero-order chi connectivity index (χ0) is 19.2. The van der Waals surface area contributed by atoms with E-state index in [0.29, 0.717) is 11.1 Å². The Morgan fingerprint density at radius 3 is 2.41 bits per heavy atom. The van der Waals surface area contributed by atoms with Crippen LogP contribution in [0.15, 0.2) is 48.5 Å². The molecule has 0 saturated carbocycles. The summed E-state index contributed by atoms with van der Waals surface area (Å²) in [7, 11) is 1.32. The number of carbonyl (C=O) groups excluding carboxylic acids is 2. The second-order valence-corrected chi connectivity index (χ2v) is 7.18. The molecule has 0 aliphatic carbocycles. The number of hydrogen-bond donors (Lipinski definition) is 1. The van der Waals surface area contributed by atoms with E-state index in [4.69, 9.17) is 4.74 Å². The Morgan fingerprint density at radius 1 is 1.07 bits per heavy atom. The number of hydrogen-bond acceptors (Lipinski definition) is 4. The molecular weight excluding hydrogens is 340 g/mol. The normalized spacial score (nSPS) is 15.3. The second-order valence-electron chi connectivity index (χ2n) is 7.18. The third kappa shape index (κ3) is 5.17. The molecule has 0 radical (unpaired) electrons. The highest BCUT2D eigenvalue weighted by Crippen LogP contribution is 2.19. The number of anilines is 1. The summed E-state index contributed by atoms with van der Waals surface area (Å²) >= 11 is 0. The molecule has 5 heteroatoms. The Kier molecular flexibility index (Phi) is 6.24. The van der Waals surface area contributed by atoms with Gasteiger partial charge in [0.25, 0.3) is 5.91 Å². The number of nitrogens with one attached hydrogen (secondary N) is 1. The molecule has 2 aromatic rings. The number of esters is 1. The van der Waals surface area contributed by atoms with Gasteiger partial charge in [-0.3, -0.25) is 9.69 Å². The highest BCUT2D eigenvalue weighted by Gasteiger charge is 2.16. The maximum Gasteiger partial charge on any atom is 0.337 e. The summed E-state index contributed by atoms with van der Waals surface area (Å²) in [5.74, 6) is 0.121. The summed E-state index contributed by atoms with van der Waals surface area (Å²) in [6, 6.07) is 14.5. The Balaban J connectivity index is 1.59. The maximum atomic E-state index is 12.4. The maximum absolute atomic E-state index is 12.4. The molecule has 1 fully saturated rings. The number of amides is 1. The minimum Gasteiger partial charge on any atom is -0.465 e. The van der Waals surface area contributed by atoms with Crippen molar-refractivity contribution >= 4 is 17.6 Å². The first kappa shape index (κ1) is 19.1. The zero-order valence-electron chi connectivity index (χ0n) is 15.9. The van der Waals surface area contributed by atoms with Gasteiger partial charge in [0.15, 0.2) is 0 Å². The zero-order valence-corrected chi connectivity index (χ0v) is 15.9. The molecule has 142 valence electrons. The summed E-state index contributed by atoms with van der Waals surface area (Å²) < 4.78 is 4.70. The minimum absolute atomic E-state index is 0.251. The number of ether oxygens (including phenoxy) is 1. The molecule has 0 aromatic heterocycles. The SMILES string of the molecule is COC(=O)c1cccc(C(=O)Nc2ccc(CN3CCC(C)CC3)cc2)c1. The van der Waals surface area contributed by atoms with Gasteiger partial charge in [-0.15, -0.1) is 0 Å². The van der Waals surface area contributed by atoms with Crippen molar-refractivity contribution in [3.8, 4) is 0 Å². The fraction of sp³-hybridized carbons (Fsp3) is 0.364. The van der Waals surface area contributed by atoms with Crippen molar-refractivity contribution in [2.45, 2.75) is 26.3 Å². The van der Waals surface area contributed by atoms with Crippen LogP contribution in [0.3, 0.4) is 0 Å². The molecule has 1 aliphatic rings. The van der Waals surface area contributed by atoms with Crippen molar-refractivity contribution in [2.75, 3.05) is 25.5 Å². The summed E-state index contributed by atoms with van der Waals surface area (Å²) in [6.45, 7) is 5.56. The number of likely N-dealkylation sites (tertiary alicyclic amines) is 1. The van der Waals surface area contributed by atoms with Crippen LogP contribution in [0.1, 0.15) is 46.0 Å². The highest BCUT2D eigenvalue weighted by atomic mass is 16.5. The van der Waals surface area contributed by atoms with E-state index in [0.717, 1.165) is 31.2 Å². The van der Waals surface area contributed by atoms with E-state index < -0.39 is 5.97 Å². The molecule has 0 unspecified atom stereocenters. The second kappa shape index (κ2) is 8.82. The average Bonchev–Trinajstić information content (AvgIpc) is 2.70. The van der Waals surface area contributed by atoms with Gasteiger partial charge >= 0.3 is 5.97 Å². The van der Waals surface area contributed by atoms with Gasteiger partial charge in [-0.25, -0.2) is 4.79 Å². The van der Waals surface area contributed by atoms with Crippen LogP contribution < -0.4 is 5.32 Å². The summed E-state index contributed by atoms with van der Waals surface area (Å²) in [5, 5.41) is 2.87. The molecular formula is C22H26N2O3. The van der Waals surface area contributed by atoms with Crippen molar-refractivity contribution < 1.29 is 14.3 Å². The number of benzene rings is 2. The summed E-state index contributed by atoms with van der Waals surface area (Å²) in [4.78, 5) is 26.5. The third-order valence-corrected chi connectivity index (χ3v) is 5.04. The lowest BCUT2D eigenvalue weighted by Crippen LogP contribution is -2.32. The van der Waals surface area contributed by atoms with Crippen molar-refractivity contribution in [3.05, 3.63) is 65.2 Å². The molecule has 0 spiro atoms. The van der Waals surface area contributed by atoms with E-state index in [1.54, 1.807) is 18.2 Å². The van der Waals surface area contributed by atoms with Crippen LogP contribution >= 0.6 is 0 Å². The molecule has 2 aromatic carbocycles. The van der Waals surface area contributed by atoms with Gasteiger partial charge in [-0.05, 0) is 67.7 Å². The highest BCUT2D eigenvalue weighted by molar-refractivity contribution is 6.05. The van der Waals surface area contributed by atoms with E-state index in [2.05, 4.69) is 29.3 Å². The smallest absolute Gasteiger partial charge is 0.337 e. The van der Waals surface area contributed by atoms with Gasteiger partial charge in [0.05, 0.1) is 12.7 Å². The van der Waals surface area contributed by atoms with Crippen LogP contribution in [0.5, 0.6) is 0 Å². The molecule has 0 bridgehead atoms. The quantitative estimate of drug-likeness (QED) is 0.814. The number of carbonyl (C=O) groups is 2. The predicted molar refractivity (Wildman–Crippen MR) is 106 cm³/mol. The molecule has 5 nitrogen and oxygen atoms in total. The largest absolute Gasteiger partial charge is 0.465 e. The summed E-state index contributed by atoms with van der Waals surface area (Å²) in [6.07, 6.45) is 2.53. The monoisotopic (exact) mass is 366 g/mol. The van der Waals surface area contributed by atoms with Gasteiger partial charge in [0.2, 0.25) is 0 Å². The molecule has 1 heterocycles. The Hall–Kier alpha value is -2.66. The van der Waals surface area contributed by atoms with Crippen molar-refractivity contribution in [1.29, 1.82) is 0 Å². The van der Waals surface area contributed by atoms with Gasteiger partial charge < -0.3 is 10.1 Å². The first-order valence-electron chi connectivity index (χ1n) is 9.36. The lowest BCUT2D eigenvalue weighted by atomic mass is 9.99. The van der Waals surface area contributed by atoms with Crippen molar-refractivity contribution in [1.82, 2.24) is 4.90 Å². The van der Waals surface area contributed by atoms with Gasteiger partial charge in [0.1, 0.15) is 0 Å². The molecule has 1 N–H and O–H groups in total. The number of rotatable bonds is 5. The fourth-order valence-electron chi connectivity index (χ4n) is 3.28. The molecule has 1 amide bonds. The molecule has 27 heavy (non-hydrogen) atoms. The van der Waals surface area contributed by atoms with E-state index in [1.165, 1.54) is 31.6 Å². The minimum atomic E-state index is -0.457. The average molecular weight is 366 g/mol. The Labute approximate surface area is 160 Å². The number of piperidine rings is 1. The van der Waals surface area contributed by atoms with Crippen LogP contribution in [0, 0.1) is 5.92 Å². The number of methoxy groups -OCH3 is 1. The third-order valence-electron chi connectivity index (χ3n) is 5.04. The van der Waals surface area contributed by atoms with E-state index in [9.17, 15) is 9.59 Å². The van der Waals surface area contributed by atoms with Gasteiger partial charge in [-0.1, -0.05) is 25.1 Å². The first-order chi connectivity index (χ1) is 13.0. The number of nitrogens with zero attached hydrogens (tertiary/aromatic N) is 1. The topological polar surface area (TPSA) is 58.6 Å². The van der Waals surface area contributed by atoms with Gasteiger partial charge in [0, 0.05) is 17.8 Å². The lowest BCUT2D eigenvalue weighted by Gasteiger charge is -2.30. The van der Waals surface area contributed by atoms with Crippen LogP contribution in [-0.4, -0.2) is 37.0 Å². The standard InChI is InChI=1S/C22H26N2O3/c1-16-10-12-24(13-11-16)15-17-6-8-20(9-7-17)23-21(25)18-4-3-5-19(14-18)22(26)27-2/h3-9,14,16H,10-13,15H2,1-2H3,(H,23,25). The van der Waals surface area contributed by atoms with Crippen LogP contribution in [0.4, 0.5) is 5.69 Å². The molecule has 3 rings (SSSR count). The van der Waals surface area contributed by atoms with E-state index in [1.807, 2.05) is 12.1 Å². The van der Waals surface area contributed by atoms with Gasteiger partial charge in [-0.2, -0.15) is 0 Å². The lowest BCUT2D eigenvalue weighted by molar-refractivity contribution is 0.0600. The van der Waals surface area contributed by atoms with Crippen molar-refractivity contribution in [2.24, 2.45) is 5.92 Å². The van der Waals surface area contributed by atoms with E-state index >= 15 is 0 Å². The Morgan fingerprint density at radius 2 is 1.74 bits per heavy atom. The molecule has 1 aliphatic heterocycles. The fourth-order valence-corrected chi connectivity index (χ4v) is 3.28. The first-order valence-corrected chi connectivity index (χ1v) is 9.36. The predicted octanol–water partition coefficient (Wildman–Crippen LogP) is 3.96. The van der Waals surface area contributed by atoms with Crippen LogP contribution in [0.2, 0.25) is 0 Å². The summed E-state index contributed by atoms with van der Waals surface area (Å²) in [5.41, 5.74) is 2.76.